The number of carbonyl (C=O) groups is 1. The molecule has 0 radical (unpaired) electrons. The van der Waals surface area contributed by atoms with Crippen molar-refractivity contribution in [3.05, 3.63) is 21.4 Å². The molecule has 22 heavy (non-hydrogen) atoms. The summed E-state index contributed by atoms with van der Waals surface area (Å²) in [5.41, 5.74) is 0.932. The van der Waals surface area contributed by atoms with Gasteiger partial charge in [-0.2, -0.15) is 0 Å². The van der Waals surface area contributed by atoms with Crippen LogP contribution in [-0.4, -0.2) is 35.7 Å². The van der Waals surface area contributed by atoms with Crippen LogP contribution in [0.3, 0.4) is 0 Å². The summed E-state index contributed by atoms with van der Waals surface area (Å²) in [7, 11) is 0. The molecule has 1 saturated heterocycles. The fourth-order valence-corrected chi connectivity index (χ4v) is 3.73. The number of likely N-dealkylation sites (tertiary alicyclic amines) is 1. The maximum absolute atomic E-state index is 12.2. The topological polar surface area (TPSA) is 41.6 Å². The van der Waals surface area contributed by atoms with Crippen molar-refractivity contribution in [2.75, 3.05) is 13.1 Å². The van der Waals surface area contributed by atoms with Gasteiger partial charge in [-0.1, -0.05) is 0 Å². The molecule has 124 valence electrons. The first-order chi connectivity index (χ1) is 10.3. The molecule has 2 rings (SSSR count). The minimum atomic E-state index is -0.427. The average Bonchev–Trinajstić information content (AvgIpc) is 2.95. The van der Waals surface area contributed by atoms with E-state index in [2.05, 4.69) is 25.2 Å². The van der Waals surface area contributed by atoms with Gasteiger partial charge in [0.1, 0.15) is 5.60 Å². The van der Waals surface area contributed by atoms with E-state index in [0.29, 0.717) is 0 Å². The average molecular weight is 324 g/mol. The lowest BCUT2D eigenvalue weighted by Gasteiger charge is -2.28. The molecule has 2 heterocycles. The second-order valence-corrected chi connectivity index (χ2v) is 8.39. The minimum Gasteiger partial charge on any atom is -0.444 e. The Hall–Kier alpha value is -1.07. The summed E-state index contributed by atoms with van der Waals surface area (Å²) in [6, 6.07) is 2.49. The van der Waals surface area contributed by atoms with Gasteiger partial charge in [0, 0.05) is 35.4 Å². The molecule has 0 aliphatic carbocycles. The molecule has 1 aliphatic rings. The maximum atomic E-state index is 12.2. The van der Waals surface area contributed by atoms with Crippen LogP contribution in [0.15, 0.2) is 6.07 Å². The van der Waals surface area contributed by atoms with Gasteiger partial charge in [0.05, 0.1) is 0 Å². The molecule has 1 aromatic heterocycles. The van der Waals surface area contributed by atoms with Crippen LogP contribution in [0.25, 0.3) is 0 Å². The number of hydrogen-bond donors (Lipinski definition) is 1. The zero-order valence-electron chi connectivity index (χ0n) is 14.4. The number of rotatable bonds is 4. The lowest BCUT2D eigenvalue weighted by atomic mass is 10.2. The van der Waals surface area contributed by atoms with Gasteiger partial charge in [-0.15, -0.1) is 11.3 Å². The van der Waals surface area contributed by atoms with E-state index >= 15 is 0 Å². The number of carbonyl (C=O) groups excluding carboxylic acids is 1. The Labute approximate surface area is 137 Å². The SMILES string of the molecule is Cc1cc(CNCC2CCCN2C(=O)OC(C)(C)C)sc1C. The van der Waals surface area contributed by atoms with Crippen LogP contribution in [0.1, 0.15) is 48.9 Å². The molecule has 1 aliphatic heterocycles. The number of amides is 1. The second kappa shape index (κ2) is 7.01. The Kier molecular flexibility index (Phi) is 5.50. The van der Waals surface area contributed by atoms with Crippen LogP contribution >= 0.6 is 11.3 Å². The number of nitrogens with zero attached hydrogens (tertiary/aromatic N) is 1. The smallest absolute Gasteiger partial charge is 0.410 e. The number of thiophene rings is 1. The molecule has 1 N–H and O–H groups in total. The van der Waals surface area contributed by atoms with Crippen LogP contribution in [0, 0.1) is 13.8 Å². The highest BCUT2D eigenvalue weighted by Gasteiger charge is 2.31. The highest BCUT2D eigenvalue weighted by atomic mass is 32.1. The predicted molar refractivity (Wildman–Crippen MR) is 91.5 cm³/mol. The summed E-state index contributed by atoms with van der Waals surface area (Å²) < 4.78 is 5.50. The fraction of sp³-hybridized carbons (Fsp3) is 0.706. The third kappa shape index (κ3) is 4.71. The van der Waals surface area contributed by atoms with E-state index in [1.165, 1.54) is 15.3 Å². The molecule has 0 bridgehead atoms. The van der Waals surface area contributed by atoms with Crippen LogP contribution in [-0.2, 0) is 11.3 Å². The van der Waals surface area contributed by atoms with Crippen molar-refractivity contribution >= 4 is 17.4 Å². The van der Waals surface area contributed by atoms with E-state index < -0.39 is 5.60 Å². The van der Waals surface area contributed by atoms with Gasteiger partial charge in [0.25, 0.3) is 0 Å². The molecule has 1 amide bonds. The van der Waals surface area contributed by atoms with Gasteiger partial charge in [-0.25, -0.2) is 4.79 Å². The Bertz CT molecular complexity index is 500. The minimum absolute atomic E-state index is 0.181. The van der Waals surface area contributed by atoms with E-state index in [0.717, 1.165) is 32.5 Å². The van der Waals surface area contributed by atoms with Crippen molar-refractivity contribution in [1.29, 1.82) is 0 Å². The van der Waals surface area contributed by atoms with Crippen LogP contribution in [0.2, 0.25) is 0 Å². The van der Waals surface area contributed by atoms with Crippen molar-refractivity contribution in [3.63, 3.8) is 0 Å². The van der Waals surface area contributed by atoms with Gasteiger partial charge >= 0.3 is 6.09 Å². The summed E-state index contributed by atoms with van der Waals surface area (Å²) in [4.78, 5) is 16.8. The Morgan fingerprint density at radius 2 is 2.18 bits per heavy atom. The molecule has 1 atom stereocenters. The molecular weight excluding hydrogens is 296 g/mol. The lowest BCUT2D eigenvalue weighted by Crippen LogP contribution is -2.43. The van der Waals surface area contributed by atoms with E-state index in [-0.39, 0.29) is 12.1 Å². The Morgan fingerprint density at radius 1 is 1.45 bits per heavy atom. The summed E-state index contributed by atoms with van der Waals surface area (Å²) >= 11 is 1.84. The summed E-state index contributed by atoms with van der Waals surface area (Å²) in [5, 5.41) is 3.49. The zero-order valence-corrected chi connectivity index (χ0v) is 15.2. The van der Waals surface area contributed by atoms with E-state index in [4.69, 9.17) is 4.74 Å². The predicted octanol–water partition coefficient (Wildman–Crippen LogP) is 3.85. The quantitative estimate of drug-likeness (QED) is 0.914. The molecule has 1 aromatic rings. The van der Waals surface area contributed by atoms with Crippen molar-refractivity contribution in [2.45, 2.75) is 65.6 Å². The molecule has 4 nitrogen and oxygen atoms in total. The van der Waals surface area contributed by atoms with Gasteiger partial charge in [-0.05, 0) is 59.1 Å². The number of ether oxygens (including phenoxy) is 1. The fourth-order valence-electron chi connectivity index (χ4n) is 2.71. The molecular formula is C17H28N2O2S. The zero-order chi connectivity index (χ0) is 16.3. The largest absolute Gasteiger partial charge is 0.444 e. The van der Waals surface area contributed by atoms with Crippen molar-refractivity contribution in [1.82, 2.24) is 10.2 Å². The van der Waals surface area contributed by atoms with Crippen LogP contribution in [0.5, 0.6) is 0 Å². The van der Waals surface area contributed by atoms with Gasteiger partial charge in [-0.3, -0.25) is 0 Å². The first kappa shape index (κ1) is 17.3. The van der Waals surface area contributed by atoms with Gasteiger partial charge < -0.3 is 15.0 Å². The lowest BCUT2D eigenvalue weighted by molar-refractivity contribution is 0.0226. The normalized spacial score (nSPS) is 18.8. The standard InChI is InChI=1S/C17H28N2O2S/c1-12-9-15(22-13(12)2)11-18-10-14-7-6-8-19(14)16(20)21-17(3,4)5/h9,14,18H,6-8,10-11H2,1-5H3. The third-order valence-corrected chi connectivity index (χ3v) is 5.05. The number of nitrogens with one attached hydrogen (secondary N) is 1. The maximum Gasteiger partial charge on any atom is 0.410 e. The molecule has 5 heteroatoms. The molecule has 0 aromatic carbocycles. The monoisotopic (exact) mass is 324 g/mol. The first-order valence-electron chi connectivity index (χ1n) is 8.02. The number of aryl methyl sites for hydroxylation is 2. The summed E-state index contributed by atoms with van der Waals surface area (Å²) in [5.74, 6) is 0. The van der Waals surface area contributed by atoms with Gasteiger partial charge in [0.15, 0.2) is 0 Å². The Morgan fingerprint density at radius 3 is 2.77 bits per heavy atom. The highest BCUT2D eigenvalue weighted by molar-refractivity contribution is 7.12. The van der Waals surface area contributed by atoms with E-state index in [9.17, 15) is 4.79 Å². The summed E-state index contributed by atoms with van der Waals surface area (Å²) in [6.45, 7) is 12.5. The highest BCUT2D eigenvalue weighted by Crippen LogP contribution is 2.22. The molecule has 1 fully saturated rings. The van der Waals surface area contributed by atoms with Crippen LogP contribution < -0.4 is 5.32 Å². The van der Waals surface area contributed by atoms with Crippen molar-refractivity contribution < 1.29 is 9.53 Å². The first-order valence-corrected chi connectivity index (χ1v) is 8.84. The molecule has 0 spiro atoms. The van der Waals surface area contributed by atoms with Gasteiger partial charge in [0.2, 0.25) is 0 Å². The molecule has 1 unspecified atom stereocenters. The van der Waals surface area contributed by atoms with Crippen LogP contribution in [0.4, 0.5) is 4.79 Å². The summed E-state index contributed by atoms with van der Waals surface area (Å²) in [6.07, 6.45) is 1.93. The Balaban J connectivity index is 1.82. The van der Waals surface area contributed by atoms with Crippen molar-refractivity contribution in [2.24, 2.45) is 0 Å². The second-order valence-electron chi connectivity index (χ2n) is 7.05. The third-order valence-electron chi connectivity index (χ3n) is 3.90. The van der Waals surface area contributed by atoms with E-state index in [1.54, 1.807) is 0 Å². The van der Waals surface area contributed by atoms with Crippen molar-refractivity contribution in [3.8, 4) is 0 Å². The van der Waals surface area contributed by atoms with E-state index in [1.807, 2.05) is 37.0 Å². The molecule has 0 saturated carbocycles. The number of hydrogen-bond acceptors (Lipinski definition) is 4.